The fraction of sp³-hybridized carbons (Fsp3) is 0.0909. The number of rotatable bonds is 1. The first-order valence-corrected chi connectivity index (χ1v) is 4.79. The van der Waals surface area contributed by atoms with Gasteiger partial charge < -0.3 is 0 Å². The molecule has 4 heteroatoms. The topological polar surface area (TPSA) is 35.1 Å². The van der Waals surface area contributed by atoms with E-state index in [0.717, 1.165) is 17.3 Å². The van der Waals surface area contributed by atoms with Crippen molar-refractivity contribution in [2.45, 2.75) is 6.92 Å². The molecule has 0 saturated heterocycles. The fourth-order valence-corrected chi connectivity index (χ4v) is 1.75. The van der Waals surface area contributed by atoms with Crippen LogP contribution in [0.2, 0.25) is 0 Å². The lowest BCUT2D eigenvalue weighted by molar-refractivity contribution is 0.908. The minimum atomic E-state index is 0.945. The molecule has 0 N–H and O–H groups in total. The van der Waals surface area contributed by atoms with Crippen LogP contribution >= 0.6 is 0 Å². The summed E-state index contributed by atoms with van der Waals surface area (Å²) in [5.41, 5.74) is 0.945. The molecule has 0 unspecified atom stereocenters. The van der Waals surface area contributed by atoms with Crippen LogP contribution in [0.3, 0.4) is 0 Å². The van der Waals surface area contributed by atoms with Gasteiger partial charge in [-0.3, -0.25) is 8.97 Å². The lowest BCUT2D eigenvalue weighted by Crippen LogP contribution is -2.01. The van der Waals surface area contributed by atoms with Crippen molar-refractivity contribution in [1.82, 2.24) is 18.9 Å². The average molecular weight is 198 g/mol. The van der Waals surface area contributed by atoms with Crippen LogP contribution in [0, 0.1) is 6.92 Å². The van der Waals surface area contributed by atoms with Gasteiger partial charge in [0.1, 0.15) is 17.3 Å². The Bertz CT molecular complexity index is 606. The first-order chi connectivity index (χ1) is 7.36. The van der Waals surface area contributed by atoms with Gasteiger partial charge in [-0.2, -0.15) is 0 Å². The van der Waals surface area contributed by atoms with Crippen molar-refractivity contribution in [3.63, 3.8) is 0 Å². The summed E-state index contributed by atoms with van der Waals surface area (Å²) in [5, 5.41) is 0. The molecule has 0 aliphatic rings. The predicted octanol–water partition coefficient (Wildman–Crippen LogP) is 1.83. The summed E-state index contributed by atoms with van der Waals surface area (Å²) in [4.78, 5) is 8.46. The van der Waals surface area contributed by atoms with Crippen molar-refractivity contribution in [1.29, 1.82) is 0 Å². The molecule has 74 valence electrons. The molecule has 0 aliphatic heterocycles. The molecule has 3 rings (SSSR count). The molecular formula is C11H10N4. The molecule has 0 bridgehead atoms. The number of fused-ring (bicyclic) bond motifs is 1. The van der Waals surface area contributed by atoms with Crippen LogP contribution in [0.25, 0.3) is 11.5 Å². The molecule has 0 radical (unpaired) electrons. The number of pyridine rings is 1. The van der Waals surface area contributed by atoms with Gasteiger partial charge in [-0.15, -0.1) is 0 Å². The van der Waals surface area contributed by atoms with Gasteiger partial charge >= 0.3 is 0 Å². The molecule has 3 aromatic heterocycles. The third kappa shape index (κ3) is 1.15. The van der Waals surface area contributed by atoms with E-state index in [0.29, 0.717) is 0 Å². The van der Waals surface area contributed by atoms with Crippen molar-refractivity contribution in [2.75, 3.05) is 0 Å². The van der Waals surface area contributed by atoms with Gasteiger partial charge in [0.25, 0.3) is 0 Å². The quantitative estimate of drug-likeness (QED) is 0.598. The van der Waals surface area contributed by atoms with E-state index in [1.165, 1.54) is 0 Å². The van der Waals surface area contributed by atoms with E-state index in [1.807, 2.05) is 46.5 Å². The molecule has 0 amide bonds. The third-order valence-corrected chi connectivity index (χ3v) is 2.48. The summed E-state index contributed by atoms with van der Waals surface area (Å²) in [6, 6.07) is 6.02. The van der Waals surface area contributed by atoms with Crippen molar-refractivity contribution in [2.24, 2.45) is 0 Å². The van der Waals surface area contributed by atoms with Gasteiger partial charge in [0, 0.05) is 24.8 Å². The largest absolute Gasteiger partial charge is 0.289 e. The van der Waals surface area contributed by atoms with Gasteiger partial charge in [-0.25, -0.2) is 9.97 Å². The summed E-state index contributed by atoms with van der Waals surface area (Å²) >= 11 is 0. The van der Waals surface area contributed by atoms with Crippen molar-refractivity contribution >= 4 is 5.65 Å². The minimum absolute atomic E-state index is 0.945. The van der Waals surface area contributed by atoms with Gasteiger partial charge in [0.15, 0.2) is 0 Å². The standard InChI is InChI=1S/C11H10N4/c1-9-12-5-7-14(9)11-4-2-3-10-13-6-8-15(10)11/h2-8H,1H3. The van der Waals surface area contributed by atoms with Crippen LogP contribution < -0.4 is 0 Å². The average Bonchev–Trinajstić information content (AvgIpc) is 2.85. The van der Waals surface area contributed by atoms with E-state index in [2.05, 4.69) is 9.97 Å². The number of hydrogen-bond acceptors (Lipinski definition) is 2. The number of aromatic nitrogens is 4. The van der Waals surface area contributed by atoms with Gasteiger partial charge in [0.2, 0.25) is 0 Å². The number of nitrogens with zero attached hydrogens (tertiary/aromatic N) is 4. The Hall–Kier alpha value is -2.10. The van der Waals surface area contributed by atoms with Gasteiger partial charge in [0.05, 0.1) is 0 Å². The summed E-state index contributed by atoms with van der Waals surface area (Å²) < 4.78 is 4.07. The molecule has 0 aromatic carbocycles. The van der Waals surface area contributed by atoms with Gasteiger partial charge in [-0.05, 0) is 19.1 Å². The van der Waals surface area contributed by atoms with Crippen LogP contribution in [0.4, 0.5) is 0 Å². The second-order valence-electron chi connectivity index (χ2n) is 3.38. The summed E-state index contributed by atoms with van der Waals surface area (Å²) in [6.07, 6.45) is 7.49. The molecule has 0 aliphatic carbocycles. The Labute approximate surface area is 86.8 Å². The highest BCUT2D eigenvalue weighted by Crippen LogP contribution is 2.12. The fourth-order valence-electron chi connectivity index (χ4n) is 1.75. The first kappa shape index (κ1) is 8.23. The molecule has 0 spiro atoms. The van der Waals surface area contributed by atoms with Crippen LogP contribution in [-0.2, 0) is 0 Å². The Morgan fingerprint density at radius 1 is 1.07 bits per heavy atom. The SMILES string of the molecule is Cc1nccn1-c1cccc2nccn12. The molecule has 3 aromatic rings. The Morgan fingerprint density at radius 2 is 1.93 bits per heavy atom. The lowest BCUT2D eigenvalue weighted by Gasteiger charge is -2.07. The summed E-state index contributed by atoms with van der Waals surface area (Å²) in [6.45, 7) is 1.98. The summed E-state index contributed by atoms with van der Waals surface area (Å²) in [7, 11) is 0. The zero-order valence-electron chi connectivity index (χ0n) is 8.33. The second-order valence-corrected chi connectivity index (χ2v) is 3.38. The number of hydrogen-bond donors (Lipinski definition) is 0. The minimum Gasteiger partial charge on any atom is -0.289 e. The first-order valence-electron chi connectivity index (χ1n) is 4.79. The van der Waals surface area contributed by atoms with E-state index in [1.54, 1.807) is 12.4 Å². The molecule has 15 heavy (non-hydrogen) atoms. The highest BCUT2D eigenvalue weighted by Gasteiger charge is 2.04. The van der Waals surface area contributed by atoms with Crippen LogP contribution in [-0.4, -0.2) is 18.9 Å². The maximum Gasteiger partial charge on any atom is 0.138 e. The van der Waals surface area contributed by atoms with Crippen molar-refractivity contribution in [3.05, 3.63) is 48.8 Å². The molecule has 0 atom stereocenters. The van der Waals surface area contributed by atoms with E-state index >= 15 is 0 Å². The lowest BCUT2D eigenvalue weighted by atomic mass is 10.4. The molecule has 0 fully saturated rings. The van der Waals surface area contributed by atoms with Crippen LogP contribution in [0.1, 0.15) is 5.82 Å². The third-order valence-electron chi connectivity index (χ3n) is 2.48. The van der Waals surface area contributed by atoms with Gasteiger partial charge in [-0.1, -0.05) is 6.07 Å². The molecule has 4 nitrogen and oxygen atoms in total. The second kappa shape index (κ2) is 2.95. The van der Waals surface area contributed by atoms with Crippen molar-refractivity contribution in [3.8, 4) is 5.82 Å². The normalized spacial score (nSPS) is 11.0. The Kier molecular flexibility index (Phi) is 1.62. The predicted molar refractivity (Wildman–Crippen MR) is 57.1 cm³/mol. The Morgan fingerprint density at radius 3 is 2.73 bits per heavy atom. The van der Waals surface area contributed by atoms with Crippen LogP contribution in [0.5, 0.6) is 0 Å². The van der Waals surface area contributed by atoms with E-state index < -0.39 is 0 Å². The van der Waals surface area contributed by atoms with Crippen LogP contribution in [0.15, 0.2) is 43.0 Å². The maximum atomic E-state index is 4.25. The van der Waals surface area contributed by atoms with E-state index in [-0.39, 0.29) is 0 Å². The molecule has 3 heterocycles. The van der Waals surface area contributed by atoms with E-state index in [4.69, 9.17) is 0 Å². The highest BCUT2D eigenvalue weighted by atomic mass is 15.2. The summed E-state index contributed by atoms with van der Waals surface area (Å²) in [5.74, 6) is 2.02. The van der Waals surface area contributed by atoms with E-state index in [9.17, 15) is 0 Å². The number of aryl methyl sites for hydroxylation is 1. The smallest absolute Gasteiger partial charge is 0.138 e. The molecular weight excluding hydrogens is 188 g/mol. The van der Waals surface area contributed by atoms with Crippen molar-refractivity contribution < 1.29 is 0 Å². The zero-order valence-corrected chi connectivity index (χ0v) is 8.33. The monoisotopic (exact) mass is 198 g/mol. The Balaban J connectivity index is 2.36. The maximum absolute atomic E-state index is 4.25. The molecule has 0 saturated carbocycles. The highest BCUT2D eigenvalue weighted by molar-refractivity contribution is 5.44. The zero-order chi connectivity index (χ0) is 10.3. The number of imidazole rings is 2.